The molecule has 0 unspecified atom stereocenters. The summed E-state index contributed by atoms with van der Waals surface area (Å²) >= 11 is 5.96. The Morgan fingerprint density at radius 1 is 1.38 bits per heavy atom. The van der Waals surface area contributed by atoms with Crippen LogP contribution in [0.25, 0.3) is 0 Å². The highest BCUT2D eigenvalue weighted by Crippen LogP contribution is 2.31. The third-order valence-corrected chi connectivity index (χ3v) is 6.12. The van der Waals surface area contributed by atoms with Crippen LogP contribution in [0.15, 0.2) is 23.1 Å². The molecular formula is C16H23ClN2O4S. The van der Waals surface area contributed by atoms with Gasteiger partial charge in [0.25, 0.3) is 5.91 Å². The lowest BCUT2D eigenvalue weighted by Crippen LogP contribution is -2.36. The van der Waals surface area contributed by atoms with Gasteiger partial charge in [0.1, 0.15) is 10.6 Å². The number of ether oxygens (including phenoxy) is 1. The zero-order valence-corrected chi connectivity index (χ0v) is 15.5. The maximum absolute atomic E-state index is 12.8. The lowest BCUT2D eigenvalue weighted by atomic mass is 10.2. The summed E-state index contributed by atoms with van der Waals surface area (Å²) < 4.78 is 32.4. The monoisotopic (exact) mass is 374 g/mol. The van der Waals surface area contributed by atoms with Gasteiger partial charge >= 0.3 is 0 Å². The van der Waals surface area contributed by atoms with Gasteiger partial charge < -0.3 is 10.1 Å². The minimum absolute atomic E-state index is 0.00763. The number of nitrogens with zero attached hydrogens (tertiary/aromatic N) is 1. The van der Waals surface area contributed by atoms with Crippen LogP contribution < -0.4 is 10.1 Å². The molecule has 0 radical (unpaired) electrons. The van der Waals surface area contributed by atoms with E-state index in [0.717, 1.165) is 19.3 Å². The standard InChI is InChI=1S/C16H23ClN2O4S/c1-3-12(2)18-16(20)11-23-14-7-6-13(17)10-15(14)24(21,22)19-8-4-5-9-19/h6-7,10,12H,3-5,8-9,11H2,1-2H3,(H,18,20)/t12-/m1/s1. The van der Waals surface area contributed by atoms with Crippen molar-refractivity contribution >= 4 is 27.5 Å². The highest BCUT2D eigenvalue weighted by atomic mass is 35.5. The topological polar surface area (TPSA) is 75.7 Å². The Kier molecular flexibility index (Phi) is 6.48. The van der Waals surface area contributed by atoms with E-state index in [1.807, 2.05) is 13.8 Å². The largest absolute Gasteiger partial charge is 0.482 e. The van der Waals surface area contributed by atoms with E-state index in [1.54, 1.807) is 6.07 Å². The molecule has 0 spiro atoms. The van der Waals surface area contributed by atoms with Crippen LogP contribution in [0.2, 0.25) is 5.02 Å². The molecule has 1 heterocycles. The molecule has 134 valence electrons. The van der Waals surface area contributed by atoms with E-state index < -0.39 is 10.0 Å². The molecule has 1 saturated heterocycles. The van der Waals surface area contributed by atoms with E-state index in [9.17, 15) is 13.2 Å². The predicted molar refractivity (Wildman–Crippen MR) is 92.8 cm³/mol. The van der Waals surface area contributed by atoms with Crippen LogP contribution in [-0.4, -0.2) is 44.4 Å². The molecule has 8 heteroatoms. The van der Waals surface area contributed by atoms with Gasteiger partial charge in [-0.05, 0) is 44.4 Å². The van der Waals surface area contributed by atoms with E-state index >= 15 is 0 Å². The van der Waals surface area contributed by atoms with E-state index in [4.69, 9.17) is 16.3 Å². The quantitative estimate of drug-likeness (QED) is 0.795. The predicted octanol–water partition coefficient (Wildman–Crippen LogP) is 2.42. The van der Waals surface area contributed by atoms with Gasteiger partial charge in [0.2, 0.25) is 10.0 Å². The number of hydrogen-bond donors (Lipinski definition) is 1. The highest BCUT2D eigenvalue weighted by Gasteiger charge is 2.30. The fraction of sp³-hybridized carbons (Fsp3) is 0.562. The molecular weight excluding hydrogens is 352 g/mol. The molecule has 1 N–H and O–H groups in total. The SMILES string of the molecule is CC[C@@H](C)NC(=O)COc1ccc(Cl)cc1S(=O)(=O)N1CCCC1. The third kappa shape index (κ3) is 4.62. The third-order valence-electron chi connectivity index (χ3n) is 3.97. The molecule has 0 saturated carbocycles. The van der Waals surface area contributed by atoms with Crippen LogP contribution in [0, 0.1) is 0 Å². The molecule has 1 atom stereocenters. The van der Waals surface area contributed by atoms with Crippen LogP contribution in [0.1, 0.15) is 33.1 Å². The van der Waals surface area contributed by atoms with Gasteiger partial charge in [-0.25, -0.2) is 8.42 Å². The van der Waals surface area contributed by atoms with Gasteiger partial charge in [0.05, 0.1) is 0 Å². The first kappa shape index (κ1) is 19.0. The molecule has 1 aliphatic rings. The summed E-state index contributed by atoms with van der Waals surface area (Å²) in [6.07, 6.45) is 2.49. The number of hydrogen-bond acceptors (Lipinski definition) is 4. The Labute approximate surface area is 148 Å². The number of benzene rings is 1. The van der Waals surface area contributed by atoms with E-state index in [2.05, 4.69) is 5.32 Å². The molecule has 2 rings (SSSR count). The molecule has 1 aromatic rings. The molecule has 24 heavy (non-hydrogen) atoms. The normalized spacial score (nSPS) is 16.8. The van der Waals surface area contributed by atoms with Gasteiger partial charge in [-0.3, -0.25) is 4.79 Å². The molecule has 1 fully saturated rings. The van der Waals surface area contributed by atoms with E-state index in [-0.39, 0.29) is 29.2 Å². The number of sulfonamides is 1. The Morgan fingerprint density at radius 3 is 2.67 bits per heavy atom. The summed E-state index contributed by atoms with van der Waals surface area (Å²) in [5.74, 6) is -0.144. The van der Waals surface area contributed by atoms with Crippen LogP contribution in [0.4, 0.5) is 0 Å². The van der Waals surface area contributed by atoms with E-state index in [0.29, 0.717) is 18.1 Å². The number of halogens is 1. The molecule has 0 aromatic heterocycles. The van der Waals surface area contributed by atoms with Gasteiger partial charge in [0, 0.05) is 24.2 Å². The zero-order valence-electron chi connectivity index (χ0n) is 13.9. The first-order valence-corrected chi connectivity index (χ1v) is 9.88. The first-order chi connectivity index (χ1) is 11.3. The molecule has 0 aliphatic carbocycles. The van der Waals surface area contributed by atoms with Crippen LogP contribution in [0.5, 0.6) is 5.75 Å². The number of carbonyl (C=O) groups excluding carboxylic acids is 1. The zero-order chi connectivity index (χ0) is 17.7. The number of carbonyl (C=O) groups is 1. The van der Waals surface area contributed by atoms with E-state index in [1.165, 1.54) is 16.4 Å². The van der Waals surface area contributed by atoms with Gasteiger partial charge in [-0.2, -0.15) is 4.31 Å². The smallest absolute Gasteiger partial charge is 0.258 e. The van der Waals surface area contributed by atoms with Crippen molar-refractivity contribution in [3.8, 4) is 5.75 Å². The minimum atomic E-state index is -3.68. The molecule has 1 aromatic carbocycles. The summed E-state index contributed by atoms with van der Waals surface area (Å²) in [5.41, 5.74) is 0. The second-order valence-corrected chi connectivity index (χ2v) is 8.21. The van der Waals surface area contributed by atoms with Crippen molar-refractivity contribution in [3.05, 3.63) is 23.2 Å². The Balaban J connectivity index is 2.17. The van der Waals surface area contributed by atoms with Crippen molar-refractivity contribution in [2.24, 2.45) is 0 Å². The number of nitrogens with one attached hydrogen (secondary N) is 1. The van der Waals surface area contributed by atoms with Crippen molar-refractivity contribution < 1.29 is 17.9 Å². The summed E-state index contributed by atoms with van der Waals surface area (Å²) in [6, 6.07) is 4.45. The second-order valence-electron chi connectivity index (χ2n) is 5.87. The summed E-state index contributed by atoms with van der Waals surface area (Å²) in [4.78, 5) is 11.9. The average molecular weight is 375 g/mol. The van der Waals surface area contributed by atoms with Gasteiger partial charge in [-0.1, -0.05) is 18.5 Å². The van der Waals surface area contributed by atoms with Crippen molar-refractivity contribution in [1.82, 2.24) is 9.62 Å². The Hall–Kier alpha value is -1.31. The van der Waals surface area contributed by atoms with Crippen molar-refractivity contribution in [1.29, 1.82) is 0 Å². The lowest BCUT2D eigenvalue weighted by molar-refractivity contribution is -0.123. The lowest BCUT2D eigenvalue weighted by Gasteiger charge is -2.19. The average Bonchev–Trinajstić information content (AvgIpc) is 3.08. The Morgan fingerprint density at radius 2 is 2.04 bits per heavy atom. The van der Waals surface area contributed by atoms with Crippen LogP contribution in [-0.2, 0) is 14.8 Å². The van der Waals surface area contributed by atoms with Crippen LogP contribution in [0.3, 0.4) is 0 Å². The van der Waals surface area contributed by atoms with Crippen molar-refractivity contribution in [3.63, 3.8) is 0 Å². The van der Waals surface area contributed by atoms with Crippen molar-refractivity contribution in [2.45, 2.75) is 44.0 Å². The van der Waals surface area contributed by atoms with Crippen LogP contribution >= 0.6 is 11.6 Å². The van der Waals surface area contributed by atoms with Gasteiger partial charge in [-0.15, -0.1) is 0 Å². The summed E-state index contributed by atoms with van der Waals surface area (Å²) in [5, 5.41) is 3.08. The van der Waals surface area contributed by atoms with Crippen molar-refractivity contribution in [2.75, 3.05) is 19.7 Å². The summed E-state index contributed by atoms with van der Waals surface area (Å²) in [7, 11) is -3.68. The number of rotatable bonds is 7. The Bertz CT molecular complexity index is 687. The fourth-order valence-electron chi connectivity index (χ4n) is 2.43. The maximum atomic E-state index is 12.8. The molecule has 1 amide bonds. The molecule has 0 bridgehead atoms. The summed E-state index contributed by atoms with van der Waals surface area (Å²) in [6.45, 7) is 4.59. The maximum Gasteiger partial charge on any atom is 0.258 e. The highest BCUT2D eigenvalue weighted by molar-refractivity contribution is 7.89. The van der Waals surface area contributed by atoms with Gasteiger partial charge in [0.15, 0.2) is 6.61 Å². The molecule has 1 aliphatic heterocycles. The molecule has 6 nitrogen and oxygen atoms in total. The minimum Gasteiger partial charge on any atom is -0.482 e. The first-order valence-electron chi connectivity index (χ1n) is 8.06. The number of amides is 1. The fourth-order valence-corrected chi connectivity index (χ4v) is 4.34. The second kappa shape index (κ2) is 8.18.